The van der Waals surface area contributed by atoms with Gasteiger partial charge in [-0.3, -0.25) is 4.68 Å². The molecule has 1 atom stereocenters. The Kier molecular flexibility index (Phi) is 2.12. The lowest BCUT2D eigenvalue weighted by molar-refractivity contribution is -0.108. The second-order valence-corrected chi connectivity index (χ2v) is 3.73. The second-order valence-electron chi connectivity index (χ2n) is 3.73. The quantitative estimate of drug-likeness (QED) is 0.647. The highest BCUT2D eigenvalue weighted by Crippen LogP contribution is 2.30. The van der Waals surface area contributed by atoms with E-state index in [1.165, 1.54) is 12.8 Å². The summed E-state index contributed by atoms with van der Waals surface area (Å²) in [5.41, 5.74) is 0.774. The molecule has 0 spiro atoms. The average molecular weight is 179 g/mol. The van der Waals surface area contributed by atoms with Crippen LogP contribution in [-0.2, 0) is 11.3 Å². The first-order chi connectivity index (χ1) is 6.29. The molecule has 1 fully saturated rings. The van der Waals surface area contributed by atoms with Crippen molar-refractivity contribution in [3.05, 3.63) is 11.9 Å². The van der Waals surface area contributed by atoms with Crippen molar-refractivity contribution in [1.82, 2.24) is 15.0 Å². The molecule has 0 radical (unpaired) electrons. The van der Waals surface area contributed by atoms with E-state index in [2.05, 4.69) is 10.3 Å². The van der Waals surface area contributed by atoms with Gasteiger partial charge in [-0.1, -0.05) is 12.1 Å². The lowest BCUT2D eigenvalue weighted by Crippen LogP contribution is -1.99. The van der Waals surface area contributed by atoms with E-state index in [1.54, 1.807) is 0 Å². The monoisotopic (exact) mass is 179 g/mol. The highest BCUT2D eigenvalue weighted by Gasteiger charge is 2.22. The summed E-state index contributed by atoms with van der Waals surface area (Å²) in [6, 6.07) is 0. The third-order valence-electron chi connectivity index (χ3n) is 2.37. The Labute approximate surface area is 76.9 Å². The van der Waals surface area contributed by atoms with Gasteiger partial charge in [0.25, 0.3) is 0 Å². The van der Waals surface area contributed by atoms with Crippen LogP contribution in [0.1, 0.15) is 31.4 Å². The summed E-state index contributed by atoms with van der Waals surface area (Å²) >= 11 is 0. The van der Waals surface area contributed by atoms with Crippen LogP contribution in [0.5, 0.6) is 0 Å². The van der Waals surface area contributed by atoms with E-state index in [-0.39, 0.29) is 5.92 Å². The van der Waals surface area contributed by atoms with Crippen LogP contribution in [0.15, 0.2) is 6.20 Å². The van der Waals surface area contributed by atoms with Gasteiger partial charge in [-0.2, -0.15) is 0 Å². The number of hydrogen-bond donors (Lipinski definition) is 0. The first kappa shape index (κ1) is 8.41. The van der Waals surface area contributed by atoms with E-state index in [1.807, 2.05) is 17.8 Å². The Balaban J connectivity index is 2.03. The smallest absolute Gasteiger partial charge is 0.128 e. The predicted octanol–water partition coefficient (Wildman–Crippen LogP) is 0.990. The zero-order valence-electron chi connectivity index (χ0n) is 7.68. The lowest BCUT2D eigenvalue weighted by Gasteiger charge is -1.96. The maximum Gasteiger partial charge on any atom is 0.128 e. The van der Waals surface area contributed by atoms with Gasteiger partial charge in [-0.25, -0.2) is 0 Å². The van der Waals surface area contributed by atoms with Crippen LogP contribution in [0.25, 0.3) is 0 Å². The molecule has 1 aromatic rings. The predicted molar refractivity (Wildman–Crippen MR) is 47.2 cm³/mol. The van der Waals surface area contributed by atoms with Crippen molar-refractivity contribution >= 4 is 6.29 Å². The average Bonchev–Trinajstić information content (AvgIpc) is 2.81. The SMILES string of the molecule is CC(C=O)c1cn(CC2CC2)nn1. The molecule has 1 saturated carbocycles. The first-order valence-corrected chi connectivity index (χ1v) is 4.65. The normalized spacial score (nSPS) is 18.5. The summed E-state index contributed by atoms with van der Waals surface area (Å²) in [4.78, 5) is 10.5. The fourth-order valence-electron chi connectivity index (χ4n) is 1.25. The summed E-state index contributed by atoms with van der Waals surface area (Å²) in [5, 5.41) is 7.92. The fraction of sp³-hybridized carbons (Fsp3) is 0.667. The molecule has 1 heterocycles. The summed E-state index contributed by atoms with van der Waals surface area (Å²) in [6.45, 7) is 2.79. The van der Waals surface area contributed by atoms with E-state index < -0.39 is 0 Å². The highest BCUT2D eigenvalue weighted by atomic mass is 16.1. The molecule has 0 aliphatic heterocycles. The molecule has 1 unspecified atom stereocenters. The number of carbonyl (C=O) groups is 1. The minimum absolute atomic E-state index is 0.132. The molecule has 4 nitrogen and oxygen atoms in total. The van der Waals surface area contributed by atoms with Crippen molar-refractivity contribution in [2.45, 2.75) is 32.2 Å². The Morgan fingerprint density at radius 3 is 3.15 bits per heavy atom. The van der Waals surface area contributed by atoms with Crippen molar-refractivity contribution in [3.63, 3.8) is 0 Å². The molecular formula is C9H13N3O. The molecule has 4 heteroatoms. The van der Waals surface area contributed by atoms with Crippen LogP contribution in [0.3, 0.4) is 0 Å². The maximum absolute atomic E-state index is 10.5. The number of nitrogens with zero attached hydrogens (tertiary/aromatic N) is 3. The van der Waals surface area contributed by atoms with Gasteiger partial charge in [0.2, 0.25) is 0 Å². The number of aldehydes is 1. The molecule has 1 aliphatic rings. The molecule has 2 rings (SSSR count). The Morgan fingerprint density at radius 1 is 1.77 bits per heavy atom. The Bertz CT molecular complexity index is 304. The van der Waals surface area contributed by atoms with E-state index >= 15 is 0 Å². The van der Waals surface area contributed by atoms with Crippen molar-refractivity contribution in [2.24, 2.45) is 5.92 Å². The zero-order valence-corrected chi connectivity index (χ0v) is 7.68. The number of rotatable bonds is 4. The summed E-state index contributed by atoms with van der Waals surface area (Å²) in [7, 11) is 0. The van der Waals surface area contributed by atoms with Crippen molar-refractivity contribution in [3.8, 4) is 0 Å². The largest absolute Gasteiger partial charge is 0.303 e. The van der Waals surface area contributed by atoms with Crippen molar-refractivity contribution in [2.75, 3.05) is 0 Å². The van der Waals surface area contributed by atoms with Crippen LogP contribution in [0, 0.1) is 5.92 Å². The third kappa shape index (κ3) is 1.94. The topological polar surface area (TPSA) is 47.8 Å². The van der Waals surface area contributed by atoms with Crippen LogP contribution in [0.4, 0.5) is 0 Å². The van der Waals surface area contributed by atoms with Crippen LogP contribution < -0.4 is 0 Å². The number of hydrogen-bond acceptors (Lipinski definition) is 3. The minimum atomic E-state index is -0.132. The Hall–Kier alpha value is -1.19. The van der Waals surface area contributed by atoms with Crippen molar-refractivity contribution in [1.29, 1.82) is 0 Å². The molecule has 1 aromatic heterocycles. The van der Waals surface area contributed by atoms with Gasteiger partial charge >= 0.3 is 0 Å². The second kappa shape index (κ2) is 3.28. The molecule has 0 amide bonds. The highest BCUT2D eigenvalue weighted by molar-refractivity contribution is 5.59. The number of aromatic nitrogens is 3. The number of carbonyl (C=O) groups excluding carboxylic acids is 1. The van der Waals surface area contributed by atoms with Gasteiger partial charge in [0.05, 0.1) is 11.6 Å². The third-order valence-corrected chi connectivity index (χ3v) is 2.37. The van der Waals surface area contributed by atoms with E-state index in [0.717, 1.165) is 24.4 Å². The van der Waals surface area contributed by atoms with Gasteiger partial charge < -0.3 is 4.79 Å². The van der Waals surface area contributed by atoms with Gasteiger partial charge in [0, 0.05) is 12.7 Å². The molecule has 13 heavy (non-hydrogen) atoms. The summed E-state index contributed by atoms with van der Waals surface area (Å²) in [6.07, 6.45) is 5.37. The molecule has 0 saturated heterocycles. The van der Waals surface area contributed by atoms with E-state index in [0.29, 0.717) is 0 Å². The zero-order chi connectivity index (χ0) is 9.26. The van der Waals surface area contributed by atoms with Crippen LogP contribution >= 0.6 is 0 Å². The maximum atomic E-state index is 10.5. The van der Waals surface area contributed by atoms with E-state index in [4.69, 9.17) is 0 Å². The molecule has 1 aliphatic carbocycles. The van der Waals surface area contributed by atoms with E-state index in [9.17, 15) is 4.79 Å². The standard InChI is InChI=1S/C9H13N3O/c1-7(6-13)9-5-12(11-10-9)4-8-2-3-8/h5-8H,2-4H2,1H3. The minimum Gasteiger partial charge on any atom is -0.303 e. The van der Waals surface area contributed by atoms with Gasteiger partial charge in [0.15, 0.2) is 0 Å². The summed E-state index contributed by atoms with van der Waals surface area (Å²) in [5.74, 6) is 0.661. The fourth-order valence-corrected chi connectivity index (χ4v) is 1.25. The van der Waals surface area contributed by atoms with Crippen LogP contribution in [-0.4, -0.2) is 21.3 Å². The van der Waals surface area contributed by atoms with Crippen molar-refractivity contribution < 1.29 is 4.79 Å². The summed E-state index contributed by atoms with van der Waals surface area (Å²) < 4.78 is 1.84. The molecule has 70 valence electrons. The van der Waals surface area contributed by atoms with Gasteiger partial charge in [-0.15, -0.1) is 5.10 Å². The van der Waals surface area contributed by atoms with Gasteiger partial charge in [-0.05, 0) is 18.8 Å². The Morgan fingerprint density at radius 2 is 2.54 bits per heavy atom. The van der Waals surface area contributed by atoms with Crippen LogP contribution in [0.2, 0.25) is 0 Å². The van der Waals surface area contributed by atoms with Gasteiger partial charge in [0.1, 0.15) is 6.29 Å². The molecule has 0 N–H and O–H groups in total. The molecular weight excluding hydrogens is 166 g/mol. The first-order valence-electron chi connectivity index (χ1n) is 4.65. The molecule has 0 bridgehead atoms. The lowest BCUT2D eigenvalue weighted by atomic mass is 10.1. The molecule has 0 aromatic carbocycles.